The molecule has 0 saturated heterocycles. The molecule has 0 fully saturated rings. The van der Waals surface area contributed by atoms with Crippen LogP contribution in [0.1, 0.15) is 22.7 Å². The summed E-state index contributed by atoms with van der Waals surface area (Å²) in [6.07, 6.45) is 0.945. The maximum Gasteiger partial charge on any atom is 0.313 e. The van der Waals surface area contributed by atoms with E-state index in [1.807, 2.05) is 14.1 Å². The van der Waals surface area contributed by atoms with Gasteiger partial charge >= 0.3 is 11.8 Å². The number of nitrogens with one attached hydrogen (secondary N) is 2. The van der Waals surface area contributed by atoms with Gasteiger partial charge in [0.15, 0.2) is 11.5 Å². The van der Waals surface area contributed by atoms with E-state index in [9.17, 15) is 9.59 Å². The number of carbonyl (C=O) groups excluding carboxylic acids is 2. The summed E-state index contributed by atoms with van der Waals surface area (Å²) in [6.45, 7) is 2.12. The van der Waals surface area contributed by atoms with Crippen molar-refractivity contribution in [1.82, 2.24) is 10.2 Å². The van der Waals surface area contributed by atoms with Crippen molar-refractivity contribution in [3.63, 3.8) is 0 Å². The number of rotatable bonds is 6. The number of amides is 2. The molecule has 2 heterocycles. The smallest absolute Gasteiger partial charge is 0.313 e. The molecule has 0 aliphatic carbocycles. The molecule has 2 aliphatic rings. The molecule has 36 heavy (non-hydrogen) atoms. The van der Waals surface area contributed by atoms with Gasteiger partial charge in [0.25, 0.3) is 0 Å². The molecule has 1 atom stereocenters. The Balaban J connectivity index is 1.29. The number of fused-ring (bicyclic) bond motifs is 2. The Hall–Kier alpha value is -4.04. The van der Waals surface area contributed by atoms with E-state index in [2.05, 4.69) is 69.0 Å². The third kappa shape index (κ3) is 5.13. The molecule has 2 aliphatic heterocycles. The molecular formula is C28H30N4O4. The second-order valence-electron chi connectivity index (χ2n) is 9.22. The SMILES string of the molecule is CN(C)c1ccc([C@@H](CNC(=O)C(=O)Nc2ccc3c(c2)OCO3)N2CCc3ccccc3C2)cc1. The maximum absolute atomic E-state index is 12.7. The molecule has 3 aromatic carbocycles. The second-order valence-corrected chi connectivity index (χ2v) is 9.22. The Bertz CT molecular complexity index is 1260. The van der Waals surface area contributed by atoms with E-state index in [0.717, 1.165) is 30.8 Å². The van der Waals surface area contributed by atoms with Gasteiger partial charge in [-0.15, -0.1) is 0 Å². The van der Waals surface area contributed by atoms with Crippen LogP contribution in [-0.4, -0.2) is 50.7 Å². The summed E-state index contributed by atoms with van der Waals surface area (Å²) in [5.41, 5.74) is 5.33. The molecule has 0 aromatic heterocycles. The van der Waals surface area contributed by atoms with Crippen LogP contribution in [0.15, 0.2) is 66.7 Å². The maximum atomic E-state index is 12.7. The van der Waals surface area contributed by atoms with Gasteiger partial charge in [0, 0.05) is 51.2 Å². The van der Waals surface area contributed by atoms with Crippen molar-refractivity contribution in [2.75, 3.05) is 44.2 Å². The third-order valence-corrected chi connectivity index (χ3v) is 6.69. The van der Waals surface area contributed by atoms with Gasteiger partial charge in [0.2, 0.25) is 6.79 Å². The standard InChI is InChI=1S/C28H30N4O4/c1-31(2)23-10-7-20(8-11-23)24(32-14-13-19-5-3-4-6-21(19)17-32)16-29-27(33)28(34)30-22-9-12-25-26(15-22)36-18-35-25/h3-12,15,24H,13-14,16-18H2,1-2H3,(H,29,33)(H,30,34)/t24-/m1/s1. The van der Waals surface area contributed by atoms with Crippen molar-refractivity contribution < 1.29 is 19.1 Å². The first-order valence-corrected chi connectivity index (χ1v) is 12.0. The zero-order valence-corrected chi connectivity index (χ0v) is 20.5. The molecule has 8 nitrogen and oxygen atoms in total. The monoisotopic (exact) mass is 486 g/mol. The van der Waals surface area contributed by atoms with Crippen molar-refractivity contribution >= 4 is 23.2 Å². The quantitative estimate of drug-likeness (QED) is 0.520. The predicted octanol–water partition coefficient (Wildman–Crippen LogP) is 3.34. The molecule has 0 bridgehead atoms. The molecule has 5 rings (SSSR count). The molecule has 8 heteroatoms. The third-order valence-electron chi connectivity index (χ3n) is 6.69. The van der Waals surface area contributed by atoms with Crippen molar-refractivity contribution in [2.45, 2.75) is 19.0 Å². The zero-order valence-electron chi connectivity index (χ0n) is 20.5. The molecule has 3 aromatic rings. The first-order chi connectivity index (χ1) is 17.5. The van der Waals surface area contributed by atoms with Crippen LogP contribution in [-0.2, 0) is 22.6 Å². The first-order valence-electron chi connectivity index (χ1n) is 12.0. The zero-order chi connectivity index (χ0) is 25.1. The van der Waals surface area contributed by atoms with E-state index < -0.39 is 11.8 Å². The van der Waals surface area contributed by atoms with E-state index in [4.69, 9.17) is 9.47 Å². The Labute approximate surface area is 210 Å². The van der Waals surface area contributed by atoms with Crippen LogP contribution in [0.4, 0.5) is 11.4 Å². The van der Waals surface area contributed by atoms with Crippen LogP contribution in [0.2, 0.25) is 0 Å². The molecule has 2 N–H and O–H groups in total. The lowest BCUT2D eigenvalue weighted by atomic mass is 9.96. The summed E-state index contributed by atoms with van der Waals surface area (Å²) >= 11 is 0. The fourth-order valence-electron chi connectivity index (χ4n) is 4.67. The summed E-state index contributed by atoms with van der Waals surface area (Å²) in [4.78, 5) is 29.8. The van der Waals surface area contributed by atoms with Crippen LogP contribution in [0.25, 0.3) is 0 Å². The summed E-state index contributed by atoms with van der Waals surface area (Å²) in [5, 5.41) is 5.49. The number of ether oxygens (including phenoxy) is 2. The topological polar surface area (TPSA) is 83.1 Å². The van der Waals surface area contributed by atoms with Gasteiger partial charge in [-0.2, -0.15) is 0 Å². The number of hydrogen-bond acceptors (Lipinski definition) is 6. The lowest BCUT2D eigenvalue weighted by molar-refractivity contribution is -0.136. The van der Waals surface area contributed by atoms with Gasteiger partial charge < -0.3 is 25.0 Å². The molecule has 0 radical (unpaired) electrons. The molecule has 0 unspecified atom stereocenters. The average molecular weight is 487 g/mol. The van der Waals surface area contributed by atoms with Gasteiger partial charge in [-0.1, -0.05) is 36.4 Å². The molecule has 0 spiro atoms. The summed E-state index contributed by atoms with van der Waals surface area (Å²) in [6, 6.07) is 21.8. The summed E-state index contributed by atoms with van der Waals surface area (Å²) in [5.74, 6) is -0.247. The highest BCUT2D eigenvalue weighted by atomic mass is 16.7. The van der Waals surface area contributed by atoms with Crippen LogP contribution in [0.5, 0.6) is 11.5 Å². The molecular weight excluding hydrogens is 456 g/mol. The molecule has 2 amide bonds. The fourth-order valence-corrected chi connectivity index (χ4v) is 4.67. The minimum atomic E-state index is -0.723. The first kappa shape index (κ1) is 23.7. The van der Waals surface area contributed by atoms with Gasteiger partial charge in [0.1, 0.15) is 0 Å². The summed E-state index contributed by atoms with van der Waals surface area (Å²) in [7, 11) is 4.01. The lowest BCUT2D eigenvalue weighted by Crippen LogP contribution is -2.43. The van der Waals surface area contributed by atoms with Crippen LogP contribution in [0.3, 0.4) is 0 Å². The van der Waals surface area contributed by atoms with Crippen molar-refractivity contribution in [3.8, 4) is 11.5 Å². The van der Waals surface area contributed by atoms with Gasteiger partial charge in [0.05, 0.1) is 6.04 Å². The lowest BCUT2D eigenvalue weighted by Gasteiger charge is -2.36. The highest BCUT2D eigenvalue weighted by Gasteiger charge is 2.26. The molecule has 0 saturated carbocycles. The highest BCUT2D eigenvalue weighted by Crippen LogP contribution is 2.34. The van der Waals surface area contributed by atoms with Crippen molar-refractivity contribution in [3.05, 3.63) is 83.4 Å². The van der Waals surface area contributed by atoms with E-state index in [1.54, 1.807) is 18.2 Å². The van der Waals surface area contributed by atoms with Gasteiger partial charge in [-0.3, -0.25) is 14.5 Å². The van der Waals surface area contributed by atoms with E-state index in [-0.39, 0.29) is 12.8 Å². The Kier molecular flexibility index (Phi) is 6.77. The number of hydrogen-bond donors (Lipinski definition) is 2. The number of anilines is 2. The minimum Gasteiger partial charge on any atom is -0.454 e. The highest BCUT2D eigenvalue weighted by molar-refractivity contribution is 6.39. The van der Waals surface area contributed by atoms with E-state index >= 15 is 0 Å². The van der Waals surface area contributed by atoms with Crippen LogP contribution in [0, 0.1) is 0 Å². The Morgan fingerprint density at radius 2 is 1.69 bits per heavy atom. The van der Waals surface area contributed by atoms with E-state index in [0.29, 0.717) is 23.7 Å². The van der Waals surface area contributed by atoms with Crippen LogP contribution >= 0.6 is 0 Å². The summed E-state index contributed by atoms with van der Waals surface area (Å²) < 4.78 is 10.6. The van der Waals surface area contributed by atoms with Crippen molar-refractivity contribution in [1.29, 1.82) is 0 Å². The number of nitrogens with zero attached hydrogens (tertiary/aromatic N) is 2. The number of benzene rings is 3. The van der Waals surface area contributed by atoms with E-state index in [1.165, 1.54) is 11.1 Å². The normalized spacial score (nSPS) is 15.1. The Morgan fingerprint density at radius 1 is 0.944 bits per heavy atom. The second kappa shape index (κ2) is 10.3. The number of carbonyl (C=O) groups is 2. The van der Waals surface area contributed by atoms with Gasteiger partial charge in [-0.05, 0) is 47.4 Å². The van der Waals surface area contributed by atoms with Crippen LogP contribution < -0.4 is 25.0 Å². The largest absolute Gasteiger partial charge is 0.454 e. The van der Waals surface area contributed by atoms with Gasteiger partial charge in [-0.25, -0.2) is 0 Å². The minimum absolute atomic E-state index is 0.0724. The fraction of sp³-hybridized carbons (Fsp3) is 0.286. The van der Waals surface area contributed by atoms with Crippen molar-refractivity contribution in [2.24, 2.45) is 0 Å². The average Bonchev–Trinajstić information content (AvgIpc) is 3.37. The Morgan fingerprint density at radius 3 is 2.47 bits per heavy atom. The predicted molar refractivity (Wildman–Crippen MR) is 138 cm³/mol. The molecule has 186 valence electrons.